The number of rotatable bonds is 2. The Labute approximate surface area is 151 Å². The molecule has 0 aliphatic carbocycles. The second-order valence-corrected chi connectivity index (χ2v) is 6.23. The van der Waals surface area contributed by atoms with Crippen LogP contribution in [0, 0.1) is 6.92 Å². The van der Waals surface area contributed by atoms with E-state index < -0.39 is 0 Å². The second-order valence-electron chi connectivity index (χ2n) is 5.15. The third kappa shape index (κ3) is 5.12. The molecule has 0 saturated heterocycles. The Hall–Kier alpha value is -1.77. The predicted molar refractivity (Wildman–Crippen MR) is 110 cm³/mol. The van der Waals surface area contributed by atoms with Gasteiger partial charge in [0.1, 0.15) is 0 Å². The van der Waals surface area contributed by atoms with Gasteiger partial charge in [-0.1, -0.05) is 80.6 Å². The van der Waals surface area contributed by atoms with Crippen molar-refractivity contribution in [2.45, 2.75) is 43.9 Å². The Morgan fingerprint density at radius 3 is 2.29 bits per heavy atom. The molecule has 0 unspecified atom stereocenters. The zero-order chi connectivity index (χ0) is 17.9. The van der Waals surface area contributed by atoms with Crippen LogP contribution in [0.3, 0.4) is 0 Å². The standard InChI is InChI=1S/C16H15NS.C4H8.C2H6/c1-11-6-7-16-14(10-11)12(8-9-17)13-4-2-3-5-15(13)18-16;1-3-4-2;1-2/h2-8,10H,9,17H2,1H3;3H,1,4H2,2H3;1-2H3/b12-8-;;. The van der Waals surface area contributed by atoms with E-state index in [0.29, 0.717) is 6.54 Å². The molecule has 3 rings (SSSR count). The third-order valence-electron chi connectivity index (χ3n) is 3.43. The second kappa shape index (κ2) is 10.9. The normalized spacial score (nSPS) is 12.8. The van der Waals surface area contributed by atoms with Crippen LogP contribution in [0.15, 0.2) is 71.0 Å². The first kappa shape index (κ1) is 20.3. The largest absolute Gasteiger partial charge is 0.327 e. The SMILES string of the molecule is C=CCC.CC.Cc1ccc2c(c1)/C(=C\CN)c1ccccc1S2. The summed E-state index contributed by atoms with van der Waals surface area (Å²) in [4.78, 5) is 2.63. The van der Waals surface area contributed by atoms with Crippen LogP contribution in [-0.2, 0) is 0 Å². The van der Waals surface area contributed by atoms with Gasteiger partial charge in [-0.15, -0.1) is 6.58 Å². The van der Waals surface area contributed by atoms with Gasteiger partial charge in [0.15, 0.2) is 0 Å². The topological polar surface area (TPSA) is 26.0 Å². The summed E-state index contributed by atoms with van der Waals surface area (Å²) in [6.45, 7) is 12.2. The lowest BCUT2D eigenvalue weighted by molar-refractivity contribution is 1.22. The number of hydrogen-bond acceptors (Lipinski definition) is 2. The number of benzene rings is 2. The Kier molecular flexibility index (Phi) is 9.21. The van der Waals surface area contributed by atoms with Crippen molar-refractivity contribution in [2.75, 3.05) is 6.54 Å². The van der Waals surface area contributed by atoms with Gasteiger partial charge in [0.2, 0.25) is 0 Å². The maximum Gasteiger partial charge on any atom is 0.0201 e. The van der Waals surface area contributed by atoms with Gasteiger partial charge in [0.05, 0.1) is 0 Å². The highest BCUT2D eigenvalue weighted by molar-refractivity contribution is 7.99. The first-order valence-corrected chi connectivity index (χ1v) is 9.42. The van der Waals surface area contributed by atoms with Crippen molar-refractivity contribution in [3.05, 3.63) is 77.9 Å². The van der Waals surface area contributed by atoms with Crippen molar-refractivity contribution in [2.24, 2.45) is 5.73 Å². The average molecular weight is 340 g/mol. The minimum absolute atomic E-state index is 0.571. The Balaban J connectivity index is 0.000000423. The highest BCUT2D eigenvalue weighted by Gasteiger charge is 2.19. The number of hydrogen-bond donors (Lipinski definition) is 1. The van der Waals surface area contributed by atoms with Crippen molar-refractivity contribution in [1.82, 2.24) is 0 Å². The summed E-state index contributed by atoms with van der Waals surface area (Å²) in [7, 11) is 0. The maximum absolute atomic E-state index is 5.73. The van der Waals surface area contributed by atoms with Crippen LogP contribution in [0.5, 0.6) is 0 Å². The number of aryl methyl sites for hydroxylation is 1. The summed E-state index contributed by atoms with van der Waals surface area (Å²) in [5.41, 5.74) is 10.9. The summed E-state index contributed by atoms with van der Waals surface area (Å²) in [6, 6.07) is 15.1. The molecule has 0 spiro atoms. The average Bonchev–Trinajstić information content (AvgIpc) is 2.64. The van der Waals surface area contributed by atoms with E-state index in [2.05, 4.69) is 69.0 Å². The Morgan fingerprint density at radius 1 is 1.04 bits per heavy atom. The van der Waals surface area contributed by atoms with E-state index in [1.54, 1.807) is 0 Å². The molecule has 128 valence electrons. The lowest BCUT2D eigenvalue weighted by Crippen LogP contribution is -2.03. The van der Waals surface area contributed by atoms with Crippen molar-refractivity contribution in [3.63, 3.8) is 0 Å². The maximum atomic E-state index is 5.73. The van der Waals surface area contributed by atoms with Crippen molar-refractivity contribution in [3.8, 4) is 0 Å². The van der Waals surface area contributed by atoms with E-state index in [9.17, 15) is 0 Å². The van der Waals surface area contributed by atoms with Crippen LogP contribution in [0.4, 0.5) is 0 Å². The molecular weight excluding hydrogens is 310 g/mol. The molecule has 2 heteroatoms. The van der Waals surface area contributed by atoms with E-state index in [4.69, 9.17) is 5.73 Å². The Bertz CT molecular complexity index is 686. The fourth-order valence-corrected chi connectivity index (χ4v) is 3.41. The fourth-order valence-electron chi connectivity index (χ4n) is 2.32. The molecular formula is C22H29NS. The van der Waals surface area contributed by atoms with E-state index in [1.165, 1.54) is 32.1 Å². The number of fused-ring (bicyclic) bond motifs is 2. The molecule has 1 aliphatic rings. The van der Waals surface area contributed by atoms with Crippen molar-refractivity contribution >= 4 is 17.3 Å². The van der Waals surface area contributed by atoms with Crippen LogP contribution in [0.25, 0.3) is 5.57 Å². The quantitative estimate of drug-likeness (QED) is 0.542. The van der Waals surface area contributed by atoms with Gasteiger partial charge in [-0.05, 0) is 42.2 Å². The summed E-state index contributed by atoms with van der Waals surface area (Å²) in [5, 5.41) is 0. The third-order valence-corrected chi connectivity index (χ3v) is 4.58. The molecule has 2 aromatic carbocycles. The zero-order valence-corrected chi connectivity index (χ0v) is 16.1. The summed E-state index contributed by atoms with van der Waals surface area (Å²) < 4.78 is 0. The van der Waals surface area contributed by atoms with Gasteiger partial charge in [-0.3, -0.25) is 0 Å². The molecule has 2 aromatic rings. The van der Waals surface area contributed by atoms with Gasteiger partial charge in [0, 0.05) is 16.3 Å². The first-order valence-electron chi connectivity index (χ1n) is 8.60. The highest BCUT2D eigenvalue weighted by Crippen LogP contribution is 2.45. The van der Waals surface area contributed by atoms with Crippen molar-refractivity contribution in [1.29, 1.82) is 0 Å². The van der Waals surface area contributed by atoms with Crippen LogP contribution in [0.1, 0.15) is 43.9 Å². The summed E-state index contributed by atoms with van der Waals surface area (Å²) in [6.07, 6.45) is 5.08. The van der Waals surface area contributed by atoms with Gasteiger partial charge in [-0.2, -0.15) is 0 Å². The molecule has 24 heavy (non-hydrogen) atoms. The molecule has 0 atom stereocenters. The smallest absolute Gasteiger partial charge is 0.0201 e. The molecule has 0 amide bonds. The molecule has 0 fully saturated rings. The van der Waals surface area contributed by atoms with E-state index in [-0.39, 0.29) is 0 Å². The van der Waals surface area contributed by atoms with E-state index in [0.717, 1.165) is 6.42 Å². The van der Waals surface area contributed by atoms with Gasteiger partial charge >= 0.3 is 0 Å². The van der Waals surface area contributed by atoms with Crippen LogP contribution in [-0.4, -0.2) is 6.54 Å². The fraction of sp³-hybridized carbons (Fsp3) is 0.273. The van der Waals surface area contributed by atoms with Crippen LogP contribution in [0.2, 0.25) is 0 Å². The van der Waals surface area contributed by atoms with Crippen molar-refractivity contribution < 1.29 is 0 Å². The minimum Gasteiger partial charge on any atom is -0.327 e. The van der Waals surface area contributed by atoms with E-state index >= 15 is 0 Å². The molecule has 2 N–H and O–H groups in total. The zero-order valence-electron chi connectivity index (χ0n) is 15.3. The van der Waals surface area contributed by atoms with Crippen LogP contribution < -0.4 is 5.73 Å². The lowest BCUT2D eigenvalue weighted by atomic mass is 9.95. The molecule has 0 saturated carbocycles. The van der Waals surface area contributed by atoms with Gasteiger partial charge in [0.25, 0.3) is 0 Å². The first-order chi connectivity index (χ1) is 11.7. The summed E-state index contributed by atoms with van der Waals surface area (Å²) in [5.74, 6) is 0. The molecule has 0 radical (unpaired) electrons. The number of nitrogens with two attached hydrogens (primary N) is 1. The lowest BCUT2D eigenvalue weighted by Gasteiger charge is -2.22. The van der Waals surface area contributed by atoms with Gasteiger partial charge < -0.3 is 5.73 Å². The molecule has 1 aliphatic heterocycles. The molecule has 1 nitrogen and oxygen atoms in total. The summed E-state index contributed by atoms with van der Waals surface area (Å²) >= 11 is 1.84. The van der Waals surface area contributed by atoms with Gasteiger partial charge in [-0.25, -0.2) is 0 Å². The monoisotopic (exact) mass is 339 g/mol. The van der Waals surface area contributed by atoms with Crippen LogP contribution >= 0.6 is 11.8 Å². The molecule has 0 bridgehead atoms. The highest BCUT2D eigenvalue weighted by atomic mass is 32.2. The minimum atomic E-state index is 0.571. The number of allylic oxidation sites excluding steroid dienone is 1. The van der Waals surface area contributed by atoms with E-state index in [1.807, 2.05) is 31.7 Å². The molecule has 0 aromatic heterocycles. The Morgan fingerprint density at radius 2 is 1.67 bits per heavy atom. The molecule has 1 heterocycles. The predicted octanol–water partition coefficient (Wildman–Crippen LogP) is 6.46.